The fourth-order valence-electron chi connectivity index (χ4n) is 3.06. The first-order chi connectivity index (χ1) is 8.61. The lowest BCUT2D eigenvalue weighted by Crippen LogP contribution is -2.70. The van der Waals surface area contributed by atoms with E-state index in [1.165, 1.54) is 11.1 Å². The van der Waals surface area contributed by atoms with Crippen LogP contribution in [0.2, 0.25) is 0 Å². The van der Waals surface area contributed by atoms with Crippen molar-refractivity contribution in [3.05, 3.63) is 29.3 Å². The first kappa shape index (κ1) is 14.1. The first-order valence-corrected chi connectivity index (χ1v) is 6.80. The van der Waals surface area contributed by atoms with Gasteiger partial charge in [-0.2, -0.15) is 0 Å². The minimum atomic E-state index is -0.528. The Morgan fingerprint density at radius 1 is 1.05 bits per heavy atom. The van der Waals surface area contributed by atoms with Gasteiger partial charge in [-0.3, -0.25) is 10.1 Å². The fraction of sp³-hybridized carbons (Fsp3) is 0.562. The summed E-state index contributed by atoms with van der Waals surface area (Å²) in [4.78, 5) is 14.5. The molecule has 1 fully saturated rings. The highest BCUT2D eigenvalue weighted by Crippen LogP contribution is 2.28. The van der Waals surface area contributed by atoms with Gasteiger partial charge in [0, 0.05) is 17.8 Å². The summed E-state index contributed by atoms with van der Waals surface area (Å²) < 4.78 is 0. The van der Waals surface area contributed by atoms with Crippen LogP contribution in [0.15, 0.2) is 18.2 Å². The smallest absolute Gasteiger partial charge is 0.246 e. The molecule has 0 aromatic heterocycles. The number of carbonyl (C=O) groups is 1. The van der Waals surface area contributed by atoms with Crippen molar-refractivity contribution in [1.82, 2.24) is 5.32 Å². The molecule has 1 amide bonds. The number of anilines is 1. The lowest BCUT2D eigenvalue weighted by atomic mass is 9.90. The normalized spacial score (nSPS) is 21.6. The Balaban J connectivity index is 2.44. The molecule has 2 rings (SSSR count). The Morgan fingerprint density at radius 2 is 1.58 bits per heavy atom. The largest absolute Gasteiger partial charge is 0.309 e. The summed E-state index contributed by atoms with van der Waals surface area (Å²) in [5.41, 5.74) is 2.77. The molecule has 0 bridgehead atoms. The molecule has 1 saturated heterocycles. The van der Waals surface area contributed by atoms with E-state index in [1.54, 1.807) is 0 Å². The molecule has 1 aliphatic rings. The predicted molar refractivity (Wildman–Crippen MR) is 79.6 cm³/mol. The number of carbonyl (C=O) groups excluding carboxylic acids is 1. The molecule has 104 valence electrons. The number of nitrogens with zero attached hydrogens (tertiary/aromatic N) is 1. The van der Waals surface area contributed by atoms with Gasteiger partial charge in [0.2, 0.25) is 5.91 Å². The van der Waals surface area contributed by atoms with Crippen LogP contribution < -0.4 is 10.2 Å². The molecule has 1 aromatic carbocycles. The summed E-state index contributed by atoms with van der Waals surface area (Å²) in [5.74, 6) is 0.136. The van der Waals surface area contributed by atoms with Crippen molar-refractivity contribution in [2.45, 2.75) is 52.6 Å². The molecule has 19 heavy (non-hydrogen) atoms. The maximum Gasteiger partial charge on any atom is 0.246 e. The second-order valence-electron chi connectivity index (χ2n) is 6.87. The summed E-state index contributed by atoms with van der Waals surface area (Å²) in [6, 6.07) is 6.30. The van der Waals surface area contributed by atoms with E-state index in [0.29, 0.717) is 6.54 Å². The van der Waals surface area contributed by atoms with Crippen LogP contribution in [-0.4, -0.2) is 23.5 Å². The minimum absolute atomic E-state index is 0.0882. The Morgan fingerprint density at radius 3 is 2.11 bits per heavy atom. The van der Waals surface area contributed by atoms with E-state index in [2.05, 4.69) is 51.2 Å². The topological polar surface area (TPSA) is 32.3 Å². The molecular weight excluding hydrogens is 236 g/mol. The van der Waals surface area contributed by atoms with E-state index >= 15 is 0 Å². The van der Waals surface area contributed by atoms with Crippen molar-refractivity contribution < 1.29 is 4.79 Å². The Hall–Kier alpha value is -1.35. The predicted octanol–water partition coefficient (Wildman–Crippen LogP) is 2.80. The summed E-state index contributed by atoms with van der Waals surface area (Å²) in [6.07, 6.45) is 0. The highest BCUT2D eigenvalue weighted by atomic mass is 16.2. The van der Waals surface area contributed by atoms with Gasteiger partial charge in [0.25, 0.3) is 0 Å². The molecule has 3 nitrogen and oxygen atoms in total. The van der Waals surface area contributed by atoms with Crippen molar-refractivity contribution >= 4 is 11.6 Å². The lowest BCUT2D eigenvalue weighted by molar-refractivity contribution is -0.126. The average molecular weight is 260 g/mol. The third kappa shape index (κ3) is 2.81. The summed E-state index contributed by atoms with van der Waals surface area (Å²) >= 11 is 0. The number of amides is 1. The van der Waals surface area contributed by atoms with Crippen LogP contribution in [0, 0.1) is 13.8 Å². The average Bonchev–Trinajstić information content (AvgIpc) is 2.20. The second-order valence-corrected chi connectivity index (χ2v) is 6.87. The van der Waals surface area contributed by atoms with Crippen LogP contribution in [0.5, 0.6) is 0 Å². The van der Waals surface area contributed by atoms with Crippen LogP contribution in [0.1, 0.15) is 38.8 Å². The van der Waals surface area contributed by atoms with Gasteiger partial charge in [0.1, 0.15) is 0 Å². The molecule has 3 heteroatoms. The molecule has 0 radical (unpaired) electrons. The van der Waals surface area contributed by atoms with Gasteiger partial charge in [-0.25, -0.2) is 0 Å². The number of piperazine rings is 1. The van der Waals surface area contributed by atoms with E-state index in [9.17, 15) is 4.79 Å². The minimum Gasteiger partial charge on any atom is -0.309 e. The van der Waals surface area contributed by atoms with Gasteiger partial charge < -0.3 is 4.90 Å². The van der Waals surface area contributed by atoms with Crippen molar-refractivity contribution in [3.63, 3.8) is 0 Å². The van der Waals surface area contributed by atoms with Crippen LogP contribution in [0.4, 0.5) is 5.69 Å². The molecule has 0 aliphatic carbocycles. The van der Waals surface area contributed by atoms with Crippen molar-refractivity contribution in [2.24, 2.45) is 0 Å². The molecule has 0 spiro atoms. The standard InChI is InChI=1S/C16H24N2O/c1-11-7-12(2)9-13(8-11)18-10-15(3,4)17-16(5,6)14(18)19/h7-9,17H,10H2,1-6H3. The van der Waals surface area contributed by atoms with Gasteiger partial charge in [-0.05, 0) is 64.8 Å². The van der Waals surface area contributed by atoms with Crippen LogP contribution in [0.25, 0.3) is 0 Å². The zero-order valence-corrected chi connectivity index (χ0v) is 12.8. The highest BCUT2D eigenvalue weighted by Gasteiger charge is 2.43. The van der Waals surface area contributed by atoms with Gasteiger partial charge in [-0.1, -0.05) is 6.07 Å². The maximum absolute atomic E-state index is 12.6. The summed E-state index contributed by atoms with van der Waals surface area (Å²) in [7, 11) is 0. The van der Waals surface area contributed by atoms with Crippen molar-refractivity contribution in [1.29, 1.82) is 0 Å². The number of hydrogen-bond donors (Lipinski definition) is 1. The zero-order chi connectivity index (χ0) is 14.4. The number of hydrogen-bond acceptors (Lipinski definition) is 2. The molecular formula is C16H24N2O. The Bertz CT molecular complexity index is 497. The summed E-state index contributed by atoms with van der Waals surface area (Å²) in [6.45, 7) is 13.0. The quantitative estimate of drug-likeness (QED) is 0.842. The van der Waals surface area contributed by atoms with Crippen LogP contribution in [-0.2, 0) is 4.79 Å². The van der Waals surface area contributed by atoms with E-state index < -0.39 is 5.54 Å². The molecule has 1 aliphatic heterocycles. The molecule has 0 saturated carbocycles. The SMILES string of the molecule is Cc1cc(C)cc(N2CC(C)(C)NC(C)(C)C2=O)c1. The number of aryl methyl sites for hydroxylation is 2. The van der Waals surface area contributed by atoms with Gasteiger partial charge in [0.05, 0.1) is 5.54 Å². The summed E-state index contributed by atoms with van der Waals surface area (Å²) in [5, 5.41) is 3.42. The van der Waals surface area contributed by atoms with Crippen LogP contribution in [0.3, 0.4) is 0 Å². The number of benzene rings is 1. The second kappa shape index (κ2) is 4.34. The third-order valence-electron chi connectivity index (χ3n) is 3.50. The van der Waals surface area contributed by atoms with E-state index in [1.807, 2.05) is 18.7 Å². The number of rotatable bonds is 1. The fourth-order valence-corrected chi connectivity index (χ4v) is 3.06. The monoisotopic (exact) mass is 260 g/mol. The van der Waals surface area contributed by atoms with E-state index in [0.717, 1.165) is 5.69 Å². The maximum atomic E-state index is 12.6. The first-order valence-electron chi connectivity index (χ1n) is 6.80. The molecule has 0 unspecified atom stereocenters. The molecule has 1 N–H and O–H groups in total. The van der Waals surface area contributed by atoms with E-state index in [-0.39, 0.29) is 11.4 Å². The molecule has 1 heterocycles. The van der Waals surface area contributed by atoms with Crippen molar-refractivity contribution in [2.75, 3.05) is 11.4 Å². The van der Waals surface area contributed by atoms with Gasteiger partial charge >= 0.3 is 0 Å². The van der Waals surface area contributed by atoms with Crippen molar-refractivity contribution in [3.8, 4) is 0 Å². The van der Waals surface area contributed by atoms with Crippen LogP contribution >= 0.6 is 0 Å². The molecule has 0 atom stereocenters. The zero-order valence-electron chi connectivity index (χ0n) is 12.8. The molecule has 1 aromatic rings. The highest BCUT2D eigenvalue weighted by molar-refractivity contribution is 6.01. The van der Waals surface area contributed by atoms with Gasteiger partial charge in [-0.15, -0.1) is 0 Å². The van der Waals surface area contributed by atoms with E-state index in [4.69, 9.17) is 0 Å². The Labute approximate surface area is 116 Å². The lowest BCUT2D eigenvalue weighted by Gasteiger charge is -2.47. The van der Waals surface area contributed by atoms with Gasteiger partial charge in [0.15, 0.2) is 0 Å². The number of nitrogens with one attached hydrogen (secondary N) is 1. The third-order valence-corrected chi connectivity index (χ3v) is 3.50. The Kier molecular flexibility index (Phi) is 3.21.